The van der Waals surface area contributed by atoms with Crippen LogP contribution in [0.5, 0.6) is 0 Å². The second-order valence-electron chi connectivity index (χ2n) is 7.74. The van der Waals surface area contributed by atoms with Crippen LogP contribution in [0.3, 0.4) is 0 Å². The molecule has 152 valence electrons. The number of carbonyl (C=O) groups excluding carboxylic acids is 1. The Kier molecular flexibility index (Phi) is 4.71. The van der Waals surface area contributed by atoms with Gasteiger partial charge >= 0.3 is 0 Å². The molecule has 1 amide bonds. The lowest BCUT2D eigenvalue weighted by Gasteiger charge is -2.21. The van der Waals surface area contributed by atoms with Crippen molar-refractivity contribution < 1.29 is 4.79 Å². The largest absolute Gasteiger partial charge is 0.341 e. The molecule has 0 aliphatic carbocycles. The van der Waals surface area contributed by atoms with E-state index in [1.54, 1.807) is 0 Å². The molecule has 2 N–H and O–H groups in total. The van der Waals surface area contributed by atoms with Crippen LogP contribution in [-0.4, -0.2) is 57.2 Å². The third-order valence-electron chi connectivity index (χ3n) is 5.62. The summed E-state index contributed by atoms with van der Waals surface area (Å²) in [6.45, 7) is 5.02. The fraction of sp³-hybridized carbons (Fsp3) is 0.261. The van der Waals surface area contributed by atoms with Crippen molar-refractivity contribution in [1.82, 2.24) is 25.1 Å². The van der Waals surface area contributed by atoms with Gasteiger partial charge in [-0.25, -0.2) is 4.98 Å². The number of aryl methyl sites for hydroxylation is 1. The summed E-state index contributed by atoms with van der Waals surface area (Å²) in [5, 5.41) is 7.27. The van der Waals surface area contributed by atoms with Gasteiger partial charge in [-0.15, -0.1) is 0 Å². The van der Waals surface area contributed by atoms with Crippen LogP contribution in [0.2, 0.25) is 0 Å². The SMILES string of the molecule is Cc1ccc(-c2cc(C(=O)N3CCCN(c4nc5ccccc5[nH]4)CC3)[nH]n2)cc1. The van der Waals surface area contributed by atoms with E-state index < -0.39 is 0 Å². The van der Waals surface area contributed by atoms with Crippen molar-refractivity contribution in [3.8, 4) is 11.3 Å². The summed E-state index contributed by atoms with van der Waals surface area (Å²) in [7, 11) is 0. The maximum atomic E-state index is 13.0. The van der Waals surface area contributed by atoms with E-state index in [2.05, 4.69) is 27.0 Å². The summed E-state index contributed by atoms with van der Waals surface area (Å²) >= 11 is 0. The first-order valence-corrected chi connectivity index (χ1v) is 10.3. The smallest absolute Gasteiger partial charge is 0.271 e. The third-order valence-corrected chi connectivity index (χ3v) is 5.62. The van der Waals surface area contributed by atoms with E-state index in [4.69, 9.17) is 4.98 Å². The number of anilines is 1. The van der Waals surface area contributed by atoms with E-state index in [1.807, 2.05) is 59.5 Å². The number of imidazole rings is 1. The van der Waals surface area contributed by atoms with Gasteiger partial charge in [0.2, 0.25) is 5.95 Å². The molecule has 0 radical (unpaired) electrons. The van der Waals surface area contributed by atoms with Gasteiger partial charge in [0.1, 0.15) is 5.69 Å². The molecule has 7 heteroatoms. The number of nitrogens with one attached hydrogen (secondary N) is 2. The number of para-hydroxylation sites is 2. The van der Waals surface area contributed by atoms with Gasteiger partial charge in [0.25, 0.3) is 5.91 Å². The minimum Gasteiger partial charge on any atom is -0.341 e. The minimum absolute atomic E-state index is 0.00711. The standard InChI is InChI=1S/C23H24N6O/c1-16-7-9-17(10-8-16)20-15-21(27-26-20)22(30)28-11-4-12-29(14-13-28)23-24-18-5-2-3-6-19(18)25-23/h2-3,5-10,15H,4,11-14H2,1H3,(H,24,25)(H,26,27). The summed E-state index contributed by atoms with van der Waals surface area (Å²) in [6.07, 6.45) is 0.891. The number of hydrogen-bond donors (Lipinski definition) is 2. The molecule has 7 nitrogen and oxygen atoms in total. The van der Waals surface area contributed by atoms with Crippen molar-refractivity contribution in [2.24, 2.45) is 0 Å². The molecule has 1 aliphatic rings. The van der Waals surface area contributed by atoms with E-state index in [0.717, 1.165) is 47.7 Å². The fourth-order valence-corrected chi connectivity index (χ4v) is 3.90. The highest BCUT2D eigenvalue weighted by Crippen LogP contribution is 2.21. The lowest BCUT2D eigenvalue weighted by Crippen LogP contribution is -2.35. The normalized spacial score (nSPS) is 14.8. The van der Waals surface area contributed by atoms with Crippen LogP contribution in [0.15, 0.2) is 54.6 Å². The number of nitrogens with zero attached hydrogens (tertiary/aromatic N) is 4. The van der Waals surface area contributed by atoms with Crippen LogP contribution in [-0.2, 0) is 0 Å². The summed E-state index contributed by atoms with van der Waals surface area (Å²) in [5.74, 6) is 0.862. The summed E-state index contributed by atoms with van der Waals surface area (Å²) in [6, 6.07) is 18.0. The predicted octanol–water partition coefficient (Wildman–Crippen LogP) is 3.61. The van der Waals surface area contributed by atoms with Crippen molar-refractivity contribution in [1.29, 1.82) is 0 Å². The number of carbonyl (C=O) groups is 1. The molecular formula is C23H24N6O. The first-order valence-electron chi connectivity index (χ1n) is 10.3. The second kappa shape index (κ2) is 7.67. The van der Waals surface area contributed by atoms with Crippen LogP contribution in [0.4, 0.5) is 5.95 Å². The Bertz CT molecular complexity index is 1140. The van der Waals surface area contributed by atoms with Crippen molar-refractivity contribution in [2.75, 3.05) is 31.1 Å². The number of fused-ring (bicyclic) bond motifs is 1. The molecular weight excluding hydrogens is 376 g/mol. The number of hydrogen-bond acceptors (Lipinski definition) is 4. The summed E-state index contributed by atoms with van der Waals surface area (Å²) < 4.78 is 0. The molecule has 2 aromatic heterocycles. The summed E-state index contributed by atoms with van der Waals surface area (Å²) in [5.41, 5.74) is 5.52. The van der Waals surface area contributed by atoms with Crippen LogP contribution in [0, 0.1) is 6.92 Å². The van der Waals surface area contributed by atoms with Crippen LogP contribution in [0.1, 0.15) is 22.5 Å². The van der Waals surface area contributed by atoms with Crippen molar-refractivity contribution >= 4 is 22.9 Å². The van der Waals surface area contributed by atoms with Gasteiger partial charge in [-0.3, -0.25) is 9.89 Å². The number of aromatic nitrogens is 4. The van der Waals surface area contributed by atoms with Crippen molar-refractivity contribution in [2.45, 2.75) is 13.3 Å². The Hall–Kier alpha value is -3.61. The number of rotatable bonds is 3. The van der Waals surface area contributed by atoms with Crippen LogP contribution in [0.25, 0.3) is 22.3 Å². The second-order valence-corrected chi connectivity index (χ2v) is 7.74. The quantitative estimate of drug-likeness (QED) is 0.550. The average Bonchev–Trinajstić information content (AvgIpc) is 3.35. The van der Waals surface area contributed by atoms with Gasteiger partial charge in [0.15, 0.2) is 0 Å². The van der Waals surface area contributed by atoms with E-state index in [0.29, 0.717) is 18.8 Å². The molecule has 1 saturated heterocycles. The molecule has 1 aliphatic heterocycles. The highest BCUT2D eigenvalue weighted by atomic mass is 16.2. The zero-order valence-corrected chi connectivity index (χ0v) is 16.9. The zero-order valence-electron chi connectivity index (χ0n) is 16.9. The number of aromatic amines is 2. The van der Waals surface area contributed by atoms with Gasteiger partial charge in [-0.1, -0.05) is 42.0 Å². The predicted molar refractivity (Wildman–Crippen MR) is 118 cm³/mol. The molecule has 1 fully saturated rings. The molecule has 0 unspecified atom stereocenters. The molecule has 2 aromatic carbocycles. The van der Waals surface area contributed by atoms with Gasteiger partial charge in [0.05, 0.1) is 16.7 Å². The summed E-state index contributed by atoms with van der Waals surface area (Å²) in [4.78, 5) is 25.3. The molecule has 0 bridgehead atoms. The zero-order chi connectivity index (χ0) is 20.5. The molecule has 3 heterocycles. The van der Waals surface area contributed by atoms with Gasteiger partial charge < -0.3 is 14.8 Å². The van der Waals surface area contributed by atoms with Crippen LogP contribution < -0.4 is 4.90 Å². The first kappa shape index (κ1) is 18.4. The molecule has 4 aromatic rings. The van der Waals surface area contributed by atoms with Crippen LogP contribution >= 0.6 is 0 Å². The van der Waals surface area contributed by atoms with E-state index >= 15 is 0 Å². The third kappa shape index (κ3) is 3.54. The highest BCUT2D eigenvalue weighted by Gasteiger charge is 2.23. The van der Waals surface area contributed by atoms with Gasteiger partial charge in [-0.05, 0) is 31.5 Å². The lowest BCUT2D eigenvalue weighted by atomic mass is 10.1. The number of amides is 1. The Morgan fingerprint density at radius 1 is 1.00 bits per heavy atom. The molecule has 0 saturated carbocycles. The number of benzene rings is 2. The number of H-pyrrole nitrogens is 2. The molecule has 30 heavy (non-hydrogen) atoms. The Labute approximate surface area is 174 Å². The van der Waals surface area contributed by atoms with E-state index in [9.17, 15) is 4.79 Å². The Morgan fingerprint density at radius 2 is 1.83 bits per heavy atom. The van der Waals surface area contributed by atoms with E-state index in [-0.39, 0.29) is 5.91 Å². The van der Waals surface area contributed by atoms with Crippen molar-refractivity contribution in [3.05, 3.63) is 65.9 Å². The maximum absolute atomic E-state index is 13.0. The first-order chi connectivity index (χ1) is 14.7. The molecule has 0 spiro atoms. The van der Waals surface area contributed by atoms with Gasteiger partial charge in [0, 0.05) is 31.7 Å². The monoisotopic (exact) mass is 400 g/mol. The van der Waals surface area contributed by atoms with E-state index in [1.165, 1.54) is 5.56 Å². The molecule has 0 atom stereocenters. The topological polar surface area (TPSA) is 80.9 Å². The van der Waals surface area contributed by atoms with Gasteiger partial charge in [-0.2, -0.15) is 5.10 Å². The Morgan fingerprint density at radius 3 is 2.67 bits per heavy atom. The fourth-order valence-electron chi connectivity index (χ4n) is 3.90. The Balaban J connectivity index is 1.28. The molecule has 5 rings (SSSR count). The highest BCUT2D eigenvalue weighted by molar-refractivity contribution is 5.93. The van der Waals surface area contributed by atoms with Crippen molar-refractivity contribution in [3.63, 3.8) is 0 Å². The average molecular weight is 400 g/mol. The minimum atomic E-state index is -0.00711. The maximum Gasteiger partial charge on any atom is 0.271 e. The lowest BCUT2D eigenvalue weighted by molar-refractivity contribution is 0.0761.